The lowest BCUT2D eigenvalue weighted by atomic mass is 10.5. The first-order chi connectivity index (χ1) is 7.59. The molecule has 1 rings (SSSR count). The van der Waals surface area contributed by atoms with Crippen LogP contribution in [0.4, 0.5) is 5.95 Å². The molecule has 0 unspecified atom stereocenters. The van der Waals surface area contributed by atoms with Gasteiger partial charge in [0.25, 0.3) is 11.9 Å². The first-order valence-corrected chi connectivity index (χ1v) is 4.76. The van der Waals surface area contributed by atoms with Crippen molar-refractivity contribution in [3.05, 3.63) is 0 Å². The molecular formula is C7H16N8O. The fourth-order valence-electron chi connectivity index (χ4n) is 0.925. The Balaban J connectivity index is 2.23. The normalized spacial score (nSPS) is 10.5. The van der Waals surface area contributed by atoms with E-state index in [0.29, 0.717) is 13.1 Å². The summed E-state index contributed by atoms with van der Waals surface area (Å²) in [6.45, 7) is 1.23. The number of aromatic nitrogens is 4. The Morgan fingerprint density at radius 2 is 2.25 bits per heavy atom. The number of nitrogens with two attached hydrogens (primary N) is 1. The zero-order chi connectivity index (χ0) is 12.0. The van der Waals surface area contributed by atoms with Gasteiger partial charge in [0.15, 0.2) is 0 Å². The Morgan fingerprint density at radius 1 is 1.50 bits per heavy atom. The summed E-state index contributed by atoms with van der Waals surface area (Å²) >= 11 is 0. The van der Waals surface area contributed by atoms with E-state index in [-0.39, 0.29) is 18.4 Å². The number of tetrazole rings is 1. The first-order valence-electron chi connectivity index (χ1n) is 4.76. The van der Waals surface area contributed by atoms with Gasteiger partial charge in [0.2, 0.25) is 0 Å². The maximum Gasteiger partial charge on any atom is 0.263 e. The zero-order valence-electron chi connectivity index (χ0n) is 9.34. The summed E-state index contributed by atoms with van der Waals surface area (Å²) in [6.07, 6.45) is 0. The van der Waals surface area contributed by atoms with Gasteiger partial charge < -0.3 is 10.2 Å². The number of hydrogen-bond donors (Lipinski definition) is 3. The number of nitrogens with zero attached hydrogens (tertiary/aromatic N) is 5. The predicted molar refractivity (Wildman–Crippen MR) is 57.1 cm³/mol. The van der Waals surface area contributed by atoms with E-state index in [1.54, 1.807) is 0 Å². The minimum absolute atomic E-state index is 0.0451. The Labute approximate surface area is 92.9 Å². The van der Waals surface area contributed by atoms with E-state index < -0.39 is 0 Å². The van der Waals surface area contributed by atoms with E-state index >= 15 is 0 Å². The number of hydrogen-bond acceptors (Lipinski definition) is 7. The van der Waals surface area contributed by atoms with Crippen LogP contribution in [0.5, 0.6) is 0 Å². The molecule has 4 N–H and O–H groups in total. The molecule has 0 fully saturated rings. The van der Waals surface area contributed by atoms with Crippen LogP contribution < -0.4 is 11.2 Å². The summed E-state index contributed by atoms with van der Waals surface area (Å²) in [4.78, 5) is 13.4. The second kappa shape index (κ2) is 5.98. The third-order valence-corrected chi connectivity index (χ3v) is 1.85. The molecule has 0 aliphatic rings. The molecule has 0 aromatic carbocycles. The number of carbonyl (C=O) groups is 1. The van der Waals surface area contributed by atoms with Crippen LogP contribution in [-0.4, -0.2) is 70.2 Å². The highest BCUT2D eigenvalue weighted by atomic mass is 16.2. The molecule has 9 nitrogen and oxygen atoms in total. The summed E-state index contributed by atoms with van der Waals surface area (Å²) in [5.41, 5.74) is 0. The smallest absolute Gasteiger partial charge is 0.263 e. The Morgan fingerprint density at radius 3 is 2.81 bits per heavy atom. The Bertz CT molecular complexity index is 310. The third kappa shape index (κ3) is 4.19. The lowest BCUT2D eigenvalue weighted by Crippen LogP contribution is -2.44. The third-order valence-electron chi connectivity index (χ3n) is 1.85. The molecule has 0 radical (unpaired) electrons. The van der Waals surface area contributed by atoms with E-state index in [1.807, 2.05) is 19.0 Å². The average Bonchev–Trinajstić information content (AvgIpc) is 2.75. The number of rotatable bonds is 6. The van der Waals surface area contributed by atoms with Crippen molar-refractivity contribution in [3.63, 3.8) is 0 Å². The van der Waals surface area contributed by atoms with Gasteiger partial charge in [-0.1, -0.05) is 5.10 Å². The van der Waals surface area contributed by atoms with Crippen molar-refractivity contribution in [2.24, 2.45) is 5.84 Å². The molecule has 1 amide bonds. The van der Waals surface area contributed by atoms with Gasteiger partial charge in [0, 0.05) is 13.1 Å². The number of amides is 1. The first kappa shape index (κ1) is 12.3. The van der Waals surface area contributed by atoms with Gasteiger partial charge in [0.05, 0.1) is 6.54 Å². The minimum Gasteiger partial charge on any atom is -0.342 e. The molecule has 90 valence electrons. The minimum atomic E-state index is -0.230. The van der Waals surface area contributed by atoms with Crippen molar-refractivity contribution in [3.8, 4) is 0 Å². The van der Waals surface area contributed by atoms with E-state index in [4.69, 9.17) is 5.84 Å². The van der Waals surface area contributed by atoms with Crippen molar-refractivity contribution < 1.29 is 4.79 Å². The van der Waals surface area contributed by atoms with Crippen molar-refractivity contribution in [1.29, 1.82) is 0 Å². The lowest BCUT2D eigenvalue weighted by Gasteiger charge is -2.18. The van der Waals surface area contributed by atoms with Crippen LogP contribution in [0.15, 0.2) is 0 Å². The van der Waals surface area contributed by atoms with Crippen molar-refractivity contribution in [2.45, 2.75) is 0 Å². The highest BCUT2D eigenvalue weighted by Crippen LogP contribution is 1.90. The van der Waals surface area contributed by atoms with Crippen LogP contribution in [-0.2, 0) is 4.79 Å². The van der Waals surface area contributed by atoms with Crippen LogP contribution >= 0.6 is 0 Å². The molecule has 16 heavy (non-hydrogen) atoms. The van der Waals surface area contributed by atoms with Crippen LogP contribution in [0.3, 0.4) is 0 Å². The maximum absolute atomic E-state index is 11.5. The van der Waals surface area contributed by atoms with E-state index in [0.717, 1.165) is 5.01 Å². The average molecular weight is 228 g/mol. The molecule has 0 bridgehead atoms. The standard InChI is InChI=1S/C7H16N8O/c1-14(2)3-4-15(8)6(16)5-9-7-10-12-13-11-7/h3-5,8H2,1-2H3,(H2,9,10,11,12,13). The number of likely N-dealkylation sites (N-methyl/N-ethyl adjacent to an activating group) is 1. The van der Waals surface area contributed by atoms with E-state index in [1.165, 1.54) is 0 Å². The number of carbonyl (C=O) groups excluding carboxylic acids is 1. The van der Waals surface area contributed by atoms with Gasteiger partial charge in [-0.25, -0.2) is 5.84 Å². The highest BCUT2D eigenvalue weighted by molar-refractivity contribution is 5.79. The van der Waals surface area contributed by atoms with Crippen LogP contribution in [0.2, 0.25) is 0 Å². The monoisotopic (exact) mass is 228 g/mol. The van der Waals surface area contributed by atoms with Crippen LogP contribution in [0, 0.1) is 0 Å². The van der Waals surface area contributed by atoms with Gasteiger partial charge in [0.1, 0.15) is 0 Å². The molecule has 0 atom stereocenters. The van der Waals surface area contributed by atoms with Gasteiger partial charge >= 0.3 is 0 Å². The molecule has 9 heteroatoms. The summed E-state index contributed by atoms with van der Waals surface area (Å²) in [7, 11) is 3.83. The van der Waals surface area contributed by atoms with E-state index in [2.05, 4.69) is 25.9 Å². The lowest BCUT2D eigenvalue weighted by molar-refractivity contribution is -0.129. The quantitative estimate of drug-likeness (QED) is 0.289. The predicted octanol–water partition coefficient (Wildman–Crippen LogP) is -2.12. The SMILES string of the molecule is CN(C)CCN(N)C(=O)CNc1nn[nH]n1. The number of anilines is 1. The number of nitrogens with one attached hydrogen (secondary N) is 2. The largest absolute Gasteiger partial charge is 0.342 e. The number of aromatic amines is 1. The molecule has 0 saturated carbocycles. The molecular weight excluding hydrogens is 212 g/mol. The summed E-state index contributed by atoms with van der Waals surface area (Å²) in [5, 5.41) is 16.7. The summed E-state index contributed by atoms with van der Waals surface area (Å²) in [5.74, 6) is 5.60. The molecule has 1 aromatic heterocycles. The Kier molecular flexibility index (Phi) is 4.61. The van der Waals surface area contributed by atoms with Crippen molar-refractivity contribution >= 4 is 11.9 Å². The van der Waals surface area contributed by atoms with Gasteiger partial charge in [-0.3, -0.25) is 9.80 Å². The van der Waals surface area contributed by atoms with Gasteiger partial charge in [-0.2, -0.15) is 5.21 Å². The fourth-order valence-corrected chi connectivity index (χ4v) is 0.925. The van der Waals surface area contributed by atoms with Crippen LogP contribution in [0.1, 0.15) is 0 Å². The highest BCUT2D eigenvalue weighted by Gasteiger charge is 2.09. The summed E-state index contributed by atoms with van der Waals surface area (Å²) in [6, 6.07) is 0. The second-order valence-electron chi connectivity index (χ2n) is 3.48. The van der Waals surface area contributed by atoms with Gasteiger partial charge in [-0.15, -0.1) is 5.10 Å². The molecule has 1 aromatic rings. The van der Waals surface area contributed by atoms with Crippen molar-refractivity contribution in [2.75, 3.05) is 39.0 Å². The zero-order valence-corrected chi connectivity index (χ0v) is 9.34. The van der Waals surface area contributed by atoms with Gasteiger partial charge in [-0.05, 0) is 19.3 Å². The van der Waals surface area contributed by atoms with Crippen LogP contribution in [0.25, 0.3) is 0 Å². The topological polar surface area (TPSA) is 116 Å². The van der Waals surface area contributed by atoms with E-state index in [9.17, 15) is 4.79 Å². The summed E-state index contributed by atoms with van der Waals surface area (Å²) < 4.78 is 0. The fraction of sp³-hybridized carbons (Fsp3) is 0.714. The maximum atomic E-state index is 11.5. The molecule has 1 heterocycles. The molecule has 0 aliphatic heterocycles. The number of H-pyrrole nitrogens is 1. The molecule has 0 saturated heterocycles. The molecule has 0 spiro atoms. The Hall–Kier alpha value is -1.74. The molecule has 0 aliphatic carbocycles. The second-order valence-corrected chi connectivity index (χ2v) is 3.48. The van der Waals surface area contributed by atoms with Crippen molar-refractivity contribution in [1.82, 2.24) is 30.5 Å². The number of hydrazine groups is 1.